The van der Waals surface area contributed by atoms with Crippen molar-refractivity contribution in [2.24, 2.45) is 0 Å². The zero-order valence-electron chi connectivity index (χ0n) is 9.43. The van der Waals surface area contributed by atoms with Gasteiger partial charge in [0.15, 0.2) is 12.2 Å². The van der Waals surface area contributed by atoms with Gasteiger partial charge in [-0.25, -0.2) is 4.98 Å². The third-order valence-corrected chi connectivity index (χ3v) is 4.04. The number of nitrogens with one attached hydrogen (secondary N) is 1. The van der Waals surface area contributed by atoms with Crippen molar-refractivity contribution in [1.29, 1.82) is 0 Å². The van der Waals surface area contributed by atoms with Gasteiger partial charge in [0.05, 0.1) is 6.20 Å². The summed E-state index contributed by atoms with van der Waals surface area (Å²) in [6.45, 7) is 0. The number of nitrogens with zero attached hydrogens (tertiary/aromatic N) is 1. The average Bonchev–Trinajstić information content (AvgIpc) is 3.01. The van der Waals surface area contributed by atoms with Crippen molar-refractivity contribution in [1.82, 2.24) is 4.98 Å². The van der Waals surface area contributed by atoms with E-state index < -0.39 is 0 Å². The summed E-state index contributed by atoms with van der Waals surface area (Å²) in [6.07, 6.45) is 4.45. The van der Waals surface area contributed by atoms with Crippen LogP contribution in [0.25, 0.3) is 11.3 Å². The van der Waals surface area contributed by atoms with Crippen LogP contribution in [0.1, 0.15) is 6.42 Å². The molecule has 0 amide bonds. The Bertz CT molecular complexity index is 478. The second-order valence-corrected chi connectivity index (χ2v) is 5.30. The molecule has 1 aliphatic rings. The van der Waals surface area contributed by atoms with Crippen molar-refractivity contribution in [2.75, 3.05) is 16.8 Å². The second kappa shape index (κ2) is 4.84. The largest absolute Gasteiger partial charge is 0.444 e. The maximum atomic E-state index is 5.30. The molecule has 1 aromatic heterocycles. The van der Waals surface area contributed by atoms with Crippen molar-refractivity contribution in [3.63, 3.8) is 0 Å². The van der Waals surface area contributed by atoms with Gasteiger partial charge in [-0.3, -0.25) is 0 Å². The van der Waals surface area contributed by atoms with Crippen LogP contribution in [0.15, 0.2) is 41.3 Å². The van der Waals surface area contributed by atoms with E-state index in [0.717, 1.165) is 17.0 Å². The molecule has 2 aromatic rings. The molecule has 0 bridgehead atoms. The summed E-state index contributed by atoms with van der Waals surface area (Å²) in [7, 11) is 0. The predicted octanol–water partition coefficient (Wildman–Crippen LogP) is 3.26. The lowest BCUT2D eigenvalue weighted by atomic mass is 10.1. The summed E-state index contributed by atoms with van der Waals surface area (Å²) in [5.41, 5.74) is 2.23. The Morgan fingerprint density at radius 2 is 2.41 bits per heavy atom. The van der Waals surface area contributed by atoms with Crippen LogP contribution in [0.5, 0.6) is 0 Å². The van der Waals surface area contributed by atoms with Crippen LogP contribution < -0.4 is 5.32 Å². The molecule has 17 heavy (non-hydrogen) atoms. The topological polar surface area (TPSA) is 38.1 Å². The van der Waals surface area contributed by atoms with Crippen LogP contribution in [-0.4, -0.2) is 22.5 Å². The van der Waals surface area contributed by atoms with E-state index >= 15 is 0 Å². The fourth-order valence-corrected chi connectivity index (χ4v) is 3.16. The molecule has 0 saturated carbocycles. The van der Waals surface area contributed by atoms with Gasteiger partial charge in [-0.15, -0.1) is 0 Å². The third-order valence-electron chi connectivity index (χ3n) is 2.88. The summed E-state index contributed by atoms with van der Waals surface area (Å²) in [4.78, 5) is 3.94. The van der Waals surface area contributed by atoms with Crippen LogP contribution in [0, 0.1) is 0 Å². The molecule has 1 atom stereocenters. The number of benzene rings is 1. The third kappa shape index (κ3) is 2.47. The maximum Gasteiger partial charge on any atom is 0.181 e. The Morgan fingerprint density at radius 1 is 1.41 bits per heavy atom. The van der Waals surface area contributed by atoms with Crippen molar-refractivity contribution < 1.29 is 4.42 Å². The number of hydrogen-bond donors (Lipinski definition) is 1. The highest BCUT2D eigenvalue weighted by molar-refractivity contribution is 7.99. The van der Waals surface area contributed by atoms with Crippen LogP contribution in [-0.2, 0) is 0 Å². The van der Waals surface area contributed by atoms with Gasteiger partial charge in [0.1, 0.15) is 0 Å². The minimum absolute atomic E-state index is 0.602. The molecule has 1 saturated heterocycles. The number of aromatic nitrogens is 1. The molecule has 1 unspecified atom stereocenters. The van der Waals surface area contributed by atoms with Crippen molar-refractivity contribution >= 4 is 17.4 Å². The molecule has 1 N–H and O–H groups in total. The standard InChI is InChI=1S/C13H14N2OS/c1-2-10(13-7-14-9-16-13)6-11(3-1)15-12-4-5-17-8-12/h1-3,6-7,9,12,15H,4-5,8H2. The van der Waals surface area contributed by atoms with Crippen LogP contribution in [0.3, 0.4) is 0 Å². The van der Waals surface area contributed by atoms with E-state index in [4.69, 9.17) is 4.42 Å². The molecule has 1 fully saturated rings. The molecule has 1 aromatic carbocycles. The molecule has 1 aliphatic heterocycles. The van der Waals surface area contributed by atoms with Crippen LogP contribution in [0.4, 0.5) is 5.69 Å². The van der Waals surface area contributed by atoms with E-state index in [9.17, 15) is 0 Å². The minimum atomic E-state index is 0.602. The van der Waals surface area contributed by atoms with Crippen molar-refractivity contribution in [3.05, 3.63) is 36.9 Å². The number of thioether (sulfide) groups is 1. The Hall–Kier alpha value is -1.42. The van der Waals surface area contributed by atoms with E-state index in [2.05, 4.69) is 22.4 Å². The Kier molecular flexibility index (Phi) is 3.05. The number of hydrogen-bond acceptors (Lipinski definition) is 4. The lowest BCUT2D eigenvalue weighted by Gasteiger charge is -2.13. The Balaban J connectivity index is 1.79. The van der Waals surface area contributed by atoms with Gasteiger partial charge >= 0.3 is 0 Å². The van der Waals surface area contributed by atoms with E-state index in [0.29, 0.717) is 6.04 Å². The Morgan fingerprint density at radius 3 is 3.18 bits per heavy atom. The van der Waals surface area contributed by atoms with Gasteiger partial charge in [-0.05, 0) is 24.3 Å². The molecule has 4 heteroatoms. The fourth-order valence-electron chi connectivity index (χ4n) is 2.00. The lowest BCUT2D eigenvalue weighted by Crippen LogP contribution is -2.17. The number of rotatable bonds is 3. The van der Waals surface area contributed by atoms with Gasteiger partial charge in [0, 0.05) is 23.0 Å². The zero-order valence-corrected chi connectivity index (χ0v) is 10.2. The van der Waals surface area contributed by atoms with E-state index in [1.165, 1.54) is 24.3 Å². The normalized spacial score (nSPS) is 19.4. The summed E-state index contributed by atoms with van der Waals surface area (Å²) < 4.78 is 5.30. The Labute approximate surface area is 105 Å². The minimum Gasteiger partial charge on any atom is -0.444 e. The highest BCUT2D eigenvalue weighted by atomic mass is 32.2. The maximum absolute atomic E-state index is 5.30. The molecule has 3 rings (SSSR count). The summed E-state index contributed by atoms with van der Waals surface area (Å²) in [5, 5.41) is 3.56. The molecule has 0 radical (unpaired) electrons. The summed E-state index contributed by atoms with van der Waals surface area (Å²) in [5.74, 6) is 3.28. The van der Waals surface area contributed by atoms with E-state index in [-0.39, 0.29) is 0 Å². The van der Waals surface area contributed by atoms with Crippen LogP contribution >= 0.6 is 11.8 Å². The average molecular weight is 246 g/mol. The van der Waals surface area contributed by atoms with Gasteiger partial charge < -0.3 is 9.73 Å². The highest BCUT2D eigenvalue weighted by Gasteiger charge is 2.15. The number of anilines is 1. The molecule has 2 heterocycles. The quantitative estimate of drug-likeness (QED) is 0.902. The van der Waals surface area contributed by atoms with E-state index in [1.54, 1.807) is 6.20 Å². The van der Waals surface area contributed by atoms with E-state index in [1.807, 2.05) is 23.9 Å². The molecule has 0 aliphatic carbocycles. The SMILES string of the molecule is c1cc(NC2CCSC2)cc(-c2cnco2)c1. The first-order valence-corrected chi connectivity index (χ1v) is 6.90. The summed E-state index contributed by atoms with van der Waals surface area (Å²) in [6, 6.07) is 8.90. The predicted molar refractivity (Wildman–Crippen MR) is 71.3 cm³/mol. The first-order valence-electron chi connectivity index (χ1n) is 5.75. The van der Waals surface area contributed by atoms with Crippen molar-refractivity contribution in [3.8, 4) is 11.3 Å². The highest BCUT2D eigenvalue weighted by Crippen LogP contribution is 2.25. The molecular weight excluding hydrogens is 232 g/mol. The van der Waals surface area contributed by atoms with Crippen LogP contribution in [0.2, 0.25) is 0 Å². The van der Waals surface area contributed by atoms with Gasteiger partial charge in [-0.2, -0.15) is 11.8 Å². The zero-order chi connectivity index (χ0) is 11.5. The number of oxazole rings is 1. The summed E-state index contributed by atoms with van der Waals surface area (Å²) >= 11 is 2.01. The van der Waals surface area contributed by atoms with Crippen molar-refractivity contribution in [2.45, 2.75) is 12.5 Å². The van der Waals surface area contributed by atoms with Gasteiger partial charge in [0.25, 0.3) is 0 Å². The molecule has 0 spiro atoms. The smallest absolute Gasteiger partial charge is 0.181 e. The molecule has 88 valence electrons. The fraction of sp³-hybridized carbons (Fsp3) is 0.308. The lowest BCUT2D eigenvalue weighted by molar-refractivity contribution is 0.572. The molecule has 3 nitrogen and oxygen atoms in total. The monoisotopic (exact) mass is 246 g/mol. The van der Waals surface area contributed by atoms with Gasteiger partial charge in [0.2, 0.25) is 0 Å². The molecular formula is C13H14N2OS. The second-order valence-electron chi connectivity index (χ2n) is 4.15. The first kappa shape index (κ1) is 10.7. The van der Waals surface area contributed by atoms with Gasteiger partial charge in [-0.1, -0.05) is 12.1 Å². The first-order chi connectivity index (χ1) is 8.42.